The molecule has 0 spiro atoms. The topological polar surface area (TPSA) is 26.0 Å². The Bertz CT molecular complexity index is 1160. The highest BCUT2D eigenvalue weighted by Crippen LogP contribution is 2.34. The van der Waals surface area contributed by atoms with Gasteiger partial charge in [-0.1, -0.05) is 99.6 Å². The van der Waals surface area contributed by atoms with Crippen molar-refractivity contribution in [3.63, 3.8) is 0 Å². The van der Waals surface area contributed by atoms with Gasteiger partial charge in [-0.25, -0.2) is 0 Å². The molecule has 0 unspecified atom stereocenters. The quantitative estimate of drug-likeness (QED) is 0.325. The van der Waals surface area contributed by atoms with E-state index in [9.17, 15) is 0 Å². The van der Waals surface area contributed by atoms with Crippen LogP contribution >= 0.6 is 0 Å². The third-order valence-corrected chi connectivity index (χ3v) is 6.17. The van der Waals surface area contributed by atoms with E-state index in [-0.39, 0.29) is 5.41 Å². The summed E-state index contributed by atoms with van der Waals surface area (Å²) in [5.74, 6) is 0. The van der Waals surface area contributed by atoms with Crippen LogP contribution in [0.1, 0.15) is 44.7 Å². The van der Waals surface area contributed by atoms with E-state index in [0.29, 0.717) is 0 Å². The minimum Gasteiger partial charge on any atom is -0.330 e. The van der Waals surface area contributed by atoms with Gasteiger partial charge in [0.25, 0.3) is 0 Å². The third kappa shape index (κ3) is 4.73. The molecule has 0 aliphatic heterocycles. The molecule has 0 atom stereocenters. The third-order valence-electron chi connectivity index (χ3n) is 6.17. The number of aryl methyl sites for hydroxylation is 1. The maximum atomic E-state index is 5.70. The van der Waals surface area contributed by atoms with Crippen LogP contribution < -0.4 is 5.73 Å². The van der Waals surface area contributed by atoms with Gasteiger partial charge in [-0.15, -0.1) is 0 Å². The lowest BCUT2D eigenvalue weighted by molar-refractivity contribution is 0.590. The Morgan fingerprint density at radius 3 is 2.13 bits per heavy atom. The predicted octanol–water partition coefficient (Wildman–Crippen LogP) is 7.75. The van der Waals surface area contributed by atoms with Crippen LogP contribution in [0.25, 0.3) is 33.0 Å². The molecule has 4 rings (SSSR count). The monoisotopic (exact) mass is 407 g/mol. The summed E-state index contributed by atoms with van der Waals surface area (Å²) in [5, 5.41) is 2.59. The zero-order valence-corrected chi connectivity index (χ0v) is 19.0. The van der Waals surface area contributed by atoms with Crippen molar-refractivity contribution in [3.05, 3.63) is 96.1 Å². The summed E-state index contributed by atoms with van der Waals surface area (Å²) in [6.07, 6.45) is 3.28. The molecule has 158 valence electrons. The van der Waals surface area contributed by atoms with Gasteiger partial charge in [0.15, 0.2) is 0 Å². The van der Waals surface area contributed by atoms with Gasteiger partial charge in [0, 0.05) is 0 Å². The summed E-state index contributed by atoms with van der Waals surface area (Å²) < 4.78 is 0. The fourth-order valence-electron chi connectivity index (χ4n) is 4.33. The van der Waals surface area contributed by atoms with Gasteiger partial charge in [0.1, 0.15) is 0 Å². The van der Waals surface area contributed by atoms with E-state index in [1.165, 1.54) is 44.2 Å². The Balaban J connectivity index is 1.71. The zero-order valence-electron chi connectivity index (χ0n) is 19.0. The van der Waals surface area contributed by atoms with E-state index >= 15 is 0 Å². The van der Waals surface area contributed by atoms with Crippen LogP contribution in [0.4, 0.5) is 0 Å². The summed E-state index contributed by atoms with van der Waals surface area (Å²) in [6.45, 7) is 7.54. The van der Waals surface area contributed by atoms with E-state index in [4.69, 9.17) is 5.73 Å². The Labute approximate surface area is 186 Å². The zero-order chi connectivity index (χ0) is 21.8. The molecule has 0 aliphatic carbocycles. The number of rotatable bonds is 6. The van der Waals surface area contributed by atoms with E-state index in [1.54, 1.807) is 0 Å². The molecule has 2 N–H and O–H groups in total. The van der Waals surface area contributed by atoms with Gasteiger partial charge >= 0.3 is 0 Å². The Morgan fingerprint density at radius 1 is 0.677 bits per heavy atom. The normalized spacial score (nSPS) is 11.7. The first kappa shape index (κ1) is 21.3. The maximum Gasteiger partial charge on any atom is -0.00772 e. The number of hydrogen-bond acceptors (Lipinski definition) is 1. The molecule has 1 nitrogen and oxygen atoms in total. The maximum absolute atomic E-state index is 5.70. The van der Waals surface area contributed by atoms with Crippen LogP contribution in [0.5, 0.6) is 0 Å². The van der Waals surface area contributed by atoms with Crippen molar-refractivity contribution < 1.29 is 0 Å². The summed E-state index contributed by atoms with van der Waals surface area (Å²) in [5.41, 5.74) is 13.8. The van der Waals surface area contributed by atoms with Crippen LogP contribution in [0.15, 0.2) is 84.9 Å². The largest absolute Gasteiger partial charge is 0.330 e. The van der Waals surface area contributed by atoms with E-state index in [0.717, 1.165) is 25.8 Å². The predicted molar refractivity (Wildman–Crippen MR) is 136 cm³/mol. The highest BCUT2D eigenvalue weighted by Gasteiger charge is 2.14. The molecule has 0 heterocycles. The van der Waals surface area contributed by atoms with Crippen molar-refractivity contribution >= 4 is 10.8 Å². The summed E-state index contributed by atoms with van der Waals surface area (Å²) >= 11 is 0. The second-order valence-electron chi connectivity index (χ2n) is 9.47. The first-order chi connectivity index (χ1) is 15.0. The number of fused-ring (bicyclic) bond motifs is 1. The summed E-state index contributed by atoms with van der Waals surface area (Å²) in [6, 6.07) is 31.4. The SMILES string of the molecule is CC(C)(C)c1ccc(-c2cccc3cc(-c4ccccc4CCCCN)ccc23)cc1. The Kier molecular flexibility index (Phi) is 6.25. The van der Waals surface area contributed by atoms with Gasteiger partial charge < -0.3 is 5.73 Å². The molecule has 0 radical (unpaired) electrons. The Morgan fingerprint density at radius 2 is 1.39 bits per heavy atom. The molecule has 0 saturated heterocycles. The number of benzene rings is 4. The van der Waals surface area contributed by atoms with Crippen molar-refractivity contribution in [2.45, 2.75) is 45.4 Å². The van der Waals surface area contributed by atoms with E-state index in [1.807, 2.05) is 0 Å². The number of unbranched alkanes of at least 4 members (excludes halogenated alkanes) is 1. The summed E-state index contributed by atoms with van der Waals surface area (Å²) in [4.78, 5) is 0. The molecule has 0 amide bonds. The van der Waals surface area contributed by atoms with Crippen LogP contribution in [0, 0.1) is 0 Å². The minimum atomic E-state index is 0.170. The van der Waals surface area contributed by atoms with Gasteiger partial charge in [-0.3, -0.25) is 0 Å². The number of nitrogens with two attached hydrogens (primary N) is 1. The lowest BCUT2D eigenvalue weighted by Gasteiger charge is -2.19. The van der Waals surface area contributed by atoms with E-state index in [2.05, 4.69) is 106 Å². The first-order valence-electron chi connectivity index (χ1n) is 11.4. The molecule has 4 aromatic rings. The van der Waals surface area contributed by atoms with Crippen molar-refractivity contribution in [3.8, 4) is 22.3 Å². The van der Waals surface area contributed by atoms with Crippen molar-refractivity contribution in [1.29, 1.82) is 0 Å². The highest BCUT2D eigenvalue weighted by molar-refractivity contribution is 5.98. The average Bonchev–Trinajstić information content (AvgIpc) is 2.78. The lowest BCUT2D eigenvalue weighted by atomic mass is 9.86. The molecule has 0 fully saturated rings. The fourth-order valence-corrected chi connectivity index (χ4v) is 4.33. The van der Waals surface area contributed by atoms with Gasteiger partial charge in [-0.05, 0) is 81.4 Å². The van der Waals surface area contributed by atoms with Gasteiger partial charge in [0.2, 0.25) is 0 Å². The van der Waals surface area contributed by atoms with Crippen molar-refractivity contribution in [1.82, 2.24) is 0 Å². The summed E-state index contributed by atoms with van der Waals surface area (Å²) in [7, 11) is 0. The van der Waals surface area contributed by atoms with Crippen LogP contribution in [-0.2, 0) is 11.8 Å². The van der Waals surface area contributed by atoms with Crippen molar-refractivity contribution in [2.75, 3.05) is 6.54 Å². The number of hydrogen-bond donors (Lipinski definition) is 1. The molecule has 0 aromatic heterocycles. The average molecular weight is 408 g/mol. The molecule has 1 heteroatoms. The van der Waals surface area contributed by atoms with E-state index < -0.39 is 0 Å². The fraction of sp³-hybridized carbons (Fsp3) is 0.267. The lowest BCUT2D eigenvalue weighted by Crippen LogP contribution is -2.10. The molecule has 4 aromatic carbocycles. The van der Waals surface area contributed by atoms with Crippen LogP contribution in [-0.4, -0.2) is 6.54 Å². The first-order valence-corrected chi connectivity index (χ1v) is 11.4. The molecule has 0 saturated carbocycles. The molecular weight excluding hydrogens is 374 g/mol. The molecule has 0 bridgehead atoms. The van der Waals surface area contributed by atoms with Gasteiger partial charge in [0.05, 0.1) is 0 Å². The van der Waals surface area contributed by atoms with Crippen molar-refractivity contribution in [2.24, 2.45) is 5.73 Å². The second kappa shape index (κ2) is 9.08. The highest BCUT2D eigenvalue weighted by atomic mass is 14.5. The second-order valence-corrected chi connectivity index (χ2v) is 9.47. The minimum absolute atomic E-state index is 0.170. The van der Waals surface area contributed by atoms with Gasteiger partial charge in [-0.2, -0.15) is 0 Å². The standard InChI is InChI=1S/C30H33N/c1-30(2,3)26-17-14-23(15-18-26)28-13-8-11-24-21-25(16-19-29(24)28)27-12-5-4-9-22(27)10-6-7-20-31/h4-5,8-9,11-19,21H,6-7,10,20,31H2,1-3H3. The molecule has 31 heavy (non-hydrogen) atoms. The van der Waals surface area contributed by atoms with Crippen LogP contribution in [0.2, 0.25) is 0 Å². The smallest absolute Gasteiger partial charge is 0.00772 e. The molecule has 0 aliphatic rings. The molecular formula is C30H33N. The Hall–Kier alpha value is -2.90. The van der Waals surface area contributed by atoms with Crippen LogP contribution in [0.3, 0.4) is 0 Å².